The average molecular weight is 286 g/mol. The summed E-state index contributed by atoms with van der Waals surface area (Å²) in [6, 6.07) is 13.6. The molecule has 0 spiro atoms. The number of nitrogen functional groups attached to an aromatic ring is 1. The standard InChI is InChI=1S/C16H16ClN3/c1-2-10-20-15-12(17)7-5-9-14(15)19-16(20)11-6-3-4-8-13(11)18/h3-9H,2,10,18H2,1H3. The molecule has 0 aliphatic heterocycles. The van der Waals surface area contributed by atoms with Crippen LogP contribution in [-0.4, -0.2) is 9.55 Å². The van der Waals surface area contributed by atoms with Gasteiger partial charge in [0.1, 0.15) is 5.82 Å². The van der Waals surface area contributed by atoms with Gasteiger partial charge in [0.15, 0.2) is 0 Å². The number of aryl methyl sites for hydroxylation is 1. The number of hydrogen-bond donors (Lipinski definition) is 1. The van der Waals surface area contributed by atoms with Crippen LogP contribution in [0.2, 0.25) is 5.02 Å². The van der Waals surface area contributed by atoms with E-state index >= 15 is 0 Å². The third kappa shape index (κ3) is 2.04. The number of rotatable bonds is 3. The van der Waals surface area contributed by atoms with Gasteiger partial charge in [-0.05, 0) is 30.7 Å². The van der Waals surface area contributed by atoms with E-state index < -0.39 is 0 Å². The molecule has 0 bridgehead atoms. The lowest BCUT2D eigenvalue weighted by molar-refractivity contribution is 0.704. The van der Waals surface area contributed by atoms with E-state index in [1.165, 1.54) is 0 Å². The fraction of sp³-hybridized carbons (Fsp3) is 0.188. The van der Waals surface area contributed by atoms with E-state index in [1.807, 2.05) is 42.5 Å². The lowest BCUT2D eigenvalue weighted by atomic mass is 10.1. The first kappa shape index (κ1) is 13.0. The van der Waals surface area contributed by atoms with Crippen molar-refractivity contribution in [3.63, 3.8) is 0 Å². The number of benzene rings is 2. The van der Waals surface area contributed by atoms with Gasteiger partial charge in [-0.1, -0.05) is 36.7 Å². The molecule has 102 valence electrons. The fourth-order valence-corrected chi connectivity index (χ4v) is 2.76. The number of halogens is 1. The van der Waals surface area contributed by atoms with E-state index in [9.17, 15) is 0 Å². The maximum absolute atomic E-state index is 6.35. The number of imidazole rings is 1. The van der Waals surface area contributed by atoms with Crippen molar-refractivity contribution in [3.05, 3.63) is 47.5 Å². The predicted molar refractivity (Wildman–Crippen MR) is 84.9 cm³/mol. The Balaban J connectivity index is 2.33. The highest BCUT2D eigenvalue weighted by Crippen LogP contribution is 2.32. The number of anilines is 1. The molecule has 0 radical (unpaired) electrons. The second-order valence-corrected chi connectivity index (χ2v) is 5.19. The minimum atomic E-state index is 0.726. The maximum Gasteiger partial charge on any atom is 0.143 e. The minimum absolute atomic E-state index is 0.726. The molecule has 0 saturated carbocycles. The van der Waals surface area contributed by atoms with Gasteiger partial charge >= 0.3 is 0 Å². The van der Waals surface area contributed by atoms with Crippen LogP contribution in [0.1, 0.15) is 13.3 Å². The summed E-state index contributed by atoms with van der Waals surface area (Å²) in [5, 5.41) is 0.726. The Hall–Kier alpha value is -2.00. The molecule has 2 aromatic carbocycles. The Morgan fingerprint density at radius 1 is 1.15 bits per heavy atom. The van der Waals surface area contributed by atoms with E-state index in [1.54, 1.807) is 0 Å². The molecule has 0 aliphatic carbocycles. The van der Waals surface area contributed by atoms with Crippen molar-refractivity contribution in [2.75, 3.05) is 5.73 Å². The van der Waals surface area contributed by atoms with Crippen LogP contribution in [-0.2, 0) is 6.54 Å². The molecule has 0 aliphatic rings. The number of aromatic nitrogens is 2. The van der Waals surface area contributed by atoms with Crippen LogP contribution in [0.5, 0.6) is 0 Å². The quantitative estimate of drug-likeness (QED) is 0.727. The number of nitrogens with two attached hydrogens (primary N) is 1. The zero-order valence-corrected chi connectivity index (χ0v) is 12.1. The van der Waals surface area contributed by atoms with Crippen molar-refractivity contribution < 1.29 is 0 Å². The van der Waals surface area contributed by atoms with Crippen molar-refractivity contribution in [2.24, 2.45) is 0 Å². The summed E-state index contributed by atoms with van der Waals surface area (Å²) in [5.41, 5.74) is 9.66. The molecule has 0 amide bonds. The van der Waals surface area contributed by atoms with Crippen LogP contribution in [0, 0.1) is 0 Å². The molecule has 1 aromatic heterocycles. The molecule has 20 heavy (non-hydrogen) atoms. The zero-order valence-electron chi connectivity index (χ0n) is 11.3. The Kier molecular flexibility index (Phi) is 3.36. The monoisotopic (exact) mass is 285 g/mol. The van der Waals surface area contributed by atoms with Crippen molar-refractivity contribution in [1.82, 2.24) is 9.55 Å². The highest BCUT2D eigenvalue weighted by molar-refractivity contribution is 6.35. The maximum atomic E-state index is 6.35. The fourth-order valence-electron chi connectivity index (χ4n) is 2.49. The molecular formula is C16H16ClN3. The van der Waals surface area contributed by atoms with Crippen LogP contribution in [0.3, 0.4) is 0 Å². The molecule has 0 fully saturated rings. The number of hydrogen-bond acceptors (Lipinski definition) is 2. The van der Waals surface area contributed by atoms with Gasteiger partial charge in [-0.2, -0.15) is 0 Å². The number of fused-ring (bicyclic) bond motifs is 1. The normalized spacial score (nSPS) is 11.1. The zero-order chi connectivity index (χ0) is 14.1. The summed E-state index contributed by atoms with van der Waals surface area (Å²) in [6.45, 7) is 3.00. The van der Waals surface area contributed by atoms with Gasteiger partial charge in [-0.15, -0.1) is 0 Å². The molecule has 2 N–H and O–H groups in total. The van der Waals surface area contributed by atoms with Gasteiger partial charge in [0.05, 0.1) is 16.1 Å². The predicted octanol–water partition coefficient (Wildman–Crippen LogP) is 4.35. The molecule has 3 aromatic rings. The molecule has 1 heterocycles. The molecule has 0 atom stereocenters. The van der Waals surface area contributed by atoms with Gasteiger partial charge < -0.3 is 10.3 Å². The van der Waals surface area contributed by atoms with Crippen molar-refractivity contribution in [2.45, 2.75) is 19.9 Å². The van der Waals surface area contributed by atoms with Gasteiger partial charge in [0.25, 0.3) is 0 Å². The van der Waals surface area contributed by atoms with Gasteiger partial charge in [0, 0.05) is 17.8 Å². The third-order valence-corrected chi connectivity index (χ3v) is 3.67. The summed E-state index contributed by atoms with van der Waals surface area (Å²) in [6.07, 6.45) is 1.01. The molecule has 3 rings (SSSR count). The Labute approximate surface area is 123 Å². The summed E-state index contributed by atoms with van der Waals surface area (Å²) >= 11 is 6.35. The SMILES string of the molecule is CCCn1c(-c2ccccc2N)nc2cccc(Cl)c21. The van der Waals surface area contributed by atoms with Crippen LogP contribution in [0.4, 0.5) is 5.69 Å². The molecular weight excluding hydrogens is 270 g/mol. The average Bonchev–Trinajstić information content (AvgIpc) is 2.80. The molecule has 3 nitrogen and oxygen atoms in total. The minimum Gasteiger partial charge on any atom is -0.398 e. The number of para-hydroxylation sites is 2. The first-order valence-electron chi connectivity index (χ1n) is 6.72. The Morgan fingerprint density at radius 2 is 1.95 bits per heavy atom. The first-order chi connectivity index (χ1) is 9.72. The van der Waals surface area contributed by atoms with Crippen LogP contribution in [0.25, 0.3) is 22.4 Å². The van der Waals surface area contributed by atoms with E-state index in [4.69, 9.17) is 22.3 Å². The molecule has 0 unspecified atom stereocenters. The second-order valence-electron chi connectivity index (χ2n) is 4.78. The first-order valence-corrected chi connectivity index (χ1v) is 7.09. The van der Waals surface area contributed by atoms with Crippen LogP contribution in [0.15, 0.2) is 42.5 Å². The topological polar surface area (TPSA) is 43.8 Å². The van der Waals surface area contributed by atoms with Crippen LogP contribution >= 0.6 is 11.6 Å². The van der Waals surface area contributed by atoms with Gasteiger partial charge in [-0.3, -0.25) is 0 Å². The molecule has 4 heteroatoms. The van der Waals surface area contributed by atoms with Crippen molar-refractivity contribution >= 4 is 28.3 Å². The van der Waals surface area contributed by atoms with Gasteiger partial charge in [-0.25, -0.2) is 4.98 Å². The van der Waals surface area contributed by atoms with Crippen molar-refractivity contribution in [1.29, 1.82) is 0 Å². The lowest BCUT2D eigenvalue weighted by Crippen LogP contribution is -2.01. The second kappa shape index (κ2) is 5.17. The van der Waals surface area contributed by atoms with E-state index in [0.29, 0.717) is 0 Å². The lowest BCUT2D eigenvalue weighted by Gasteiger charge is -2.10. The Bertz CT molecular complexity index is 762. The van der Waals surface area contributed by atoms with E-state index in [2.05, 4.69) is 11.5 Å². The van der Waals surface area contributed by atoms with E-state index in [-0.39, 0.29) is 0 Å². The smallest absolute Gasteiger partial charge is 0.143 e. The summed E-state index contributed by atoms with van der Waals surface area (Å²) in [7, 11) is 0. The highest BCUT2D eigenvalue weighted by atomic mass is 35.5. The summed E-state index contributed by atoms with van der Waals surface area (Å²) in [4.78, 5) is 4.72. The molecule has 0 saturated heterocycles. The number of nitrogens with zero attached hydrogens (tertiary/aromatic N) is 2. The largest absolute Gasteiger partial charge is 0.398 e. The summed E-state index contributed by atoms with van der Waals surface area (Å²) < 4.78 is 2.16. The Morgan fingerprint density at radius 3 is 2.70 bits per heavy atom. The highest BCUT2D eigenvalue weighted by Gasteiger charge is 2.15. The van der Waals surface area contributed by atoms with Gasteiger partial charge in [0.2, 0.25) is 0 Å². The van der Waals surface area contributed by atoms with Crippen molar-refractivity contribution in [3.8, 4) is 11.4 Å². The summed E-state index contributed by atoms with van der Waals surface area (Å²) in [5.74, 6) is 0.882. The van der Waals surface area contributed by atoms with Crippen LogP contribution < -0.4 is 5.73 Å². The third-order valence-electron chi connectivity index (χ3n) is 3.37. The van der Waals surface area contributed by atoms with E-state index in [0.717, 1.165) is 46.1 Å².